The first-order chi connectivity index (χ1) is 10.9. The van der Waals surface area contributed by atoms with E-state index in [1.807, 2.05) is 0 Å². The number of aromatic hydroxyl groups is 1. The van der Waals surface area contributed by atoms with Crippen molar-refractivity contribution in [1.29, 1.82) is 0 Å². The van der Waals surface area contributed by atoms with Gasteiger partial charge < -0.3 is 40.1 Å². The number of ether oxygens (including phenoxy) is 2. The van der Waals surface area contributed by atoms with Gasteiger partial charge in [0, 0.05) is 17.3 Å². The second-order valence-electron chi connectivity index (χ2n) is 5.36. The van der Waals surface area contributed by atoms with Gasteiger partial charge in [-0.2, -0.15) is 0 Å². The highest BCUT2D eigenvalue weighted by atomic mass is 16.7. The van der Waals surface area contributed by atoms with Crippen LogP contribution in [0.5, 0.6) is 5.75 Å². The highest BCUT2D eigenvalue weighted by Gasteiger charge is 2.44. The fraction of sp³-hybridized carbons (Fsp3) is 0.643. The molecule has 6 N–H and O–H groups in total. The molecule has 9 heteroatoms. The third-order valence-electron chi connectivity index (χ3n) is 3.84. The maximum Gasteiger partial charge on any atom is 0.187 e. The first-order valence-electron chi connectivity index (χ1n) is 7.10. The minimum atomic E-state index is -1.55. The third-order valence-corrected chi connectivity index (χ3v) is 3.84. The minimum absolute atomic E-state index is 0.152. The Bertz CT molecular complexity index is 538. The van der Waals surface area contributed by atoms with E-state index in [4.69, 9.17) is 14.6 Å². The van der Waals surface area contributed by atoms with Crippen LogP contribution in [0.15, 0.2) is 6.20 Å². The summed E-state index contributed by atoms with van der Waals surface area (Å²) in [6.45, 7) is 0.419. The third kappa shape index (κ3) is 3.61. The molecule has 5 atom stereocenters. The number of pyridine rings is 1. The molecular weight excluding hydrogens is 310 g/mol. The Morgan fingerprint density at radius 2 is 1.87 bits per heavy atom. The van der Waals surface area contributed by atoms with Crippen LogP contribution in [0.1, 0.15) is 16.8 Å². The molecule has 2 heterocycles. The highest BCUT2D eigenvalue weighted by molar-refractivity contribution is 5.40. The second kappa shape index (κ2) is 7.49. The zero-order valence-corrected chi connectivity index (χ0v) is 12.5. The van der Waals surface area contributed by atoms with Gasteiger partial charge in [0.05, 0.1) is 25.5 Å². The SMILES string of the molecule is Cc1ncc(CO)c(CO[C@H]2O[C@H](CO)[C@H](O)[C@H](O)[C@H]2O)c1O. The fourth-order valence-corrected chi connectivity index (χ4v) is 2.35. The zero-order chi connectivity index (χ0) is 17.1. The van der Waals surface area contributed by atoms with Crippen LogP contribution in [0.3, 0.4) is 0 Å². The van der Waals surface area contributed by atoms with E-state index < -0.39 is 37.3 Å². The first kappa shape index (κ1) is 18.0. The number of aryl methyl sites for hydroxylation is 1. The van der Waals surface area contributed by atoms with Gasteiger partial charge in [-0.15, -0.1) is 0 Å². The predicted molar refractivity (Wildman–Crippen MR) is 75.1 cm³/mol. The molecule has 0 aliphatic carbocycles. The molecule has 0 amide bonds. The highest BCUT2D eigenvalue weighted by Crippen LogP contribution is 2.27. The van der Waals surface area contributed by atoms with Crippen molar-refractivity contribution in [3.8, 4) is 5.75 Å². The van der Waals surface area contributed by atoms with Gasteiger partial charge >= 0.3 is 0 Å². The topological polar surface area (TPSA) is 153 Å². The van der Waals surface area contributed by atoms with E-state index in [9.17, 15) is 25.5 Å². The molecular formula is C14H21NO8. The van der Waals surface area contributed by atoms with Crippen molar-refractivity contribution in [3.05, 3.63) is 23.0 Å². The van der Waals surface area contributed by atoms with Crippen LogP contribution in [0.4, 0.5) is 0 Å². The van der Waals surface area contributed by atoms with E-state index in [-0.39, 0.29) is 24.5 Å². The monoisotopic (exact) mass is 331 g/mol. The lowest BCUT2D eigenvalue weighted by atomic mass is 9.99. The lowest BCUT2D eigenvalue weighted by molar-refractivity contribution is -0.304. The number of aliphatic hydroxyl groups is 5. The molecule has 1 saturated heterocycles. The Labute approximate surface area is 132 Å². The zero-order valence-electron chi connectivity index (χ0n) is 12.5. The Kier molecular flexibility index (Phi) is 5.87. The second-order valence-corrected chi connectivity index (χ2v) is 5.36. The number of rotatable bonds is 5. The molecule has 130 valence electrons. The first-order valence-corrected chi connectivity index (χ1v) is 7.10. The van der Waals surface area contributed by atoms with Crippen molar-refractivity contribution >= 4 is 0 Å². The standard InChI is InChI=1S/C14H21NO8/c1-6-10(18)8(7(3-16)2-15-6)5-22-14-13(21)12(20)11(19)9(4-17)23-14/h2,9,11-14,16-21H,3-5H2,1H3/t9-,11+,12+,13-,14+/m1/s1. The summed E-state index contributed by atoms with van der Waals surface area (Å²) in [7, 11) is 0. The summed E-state index contributed by atoms with van der Waals surface area (Å²) < 4.78 is 10.6. The van der Waals surface area contributed by atoms with E-state index >= 15 is 0 Å². The summed E-state index contributed by atoms with van der Waals surface area (Å²) in [4.78, 5) is 3.91. The Hall–Kier alpha value is -1.33. The normalized spacial score (nSPS) is 31.3. The van der Waals surface area contributed by atoms with Crippen molar-refractivity contribution in [2.45, 2.75) is 50.8 Å². The average molecular weight is 331 g/mol. The Morgan fingerprint density at radius 3 is 2.48 bits per heavy atom. The van der Waals surface area contributed by atoms with Crippen molar-refractivity contribution in [2.24, 2.45) is 0 Å². The van der Waals surface area contributed by atoms with E-state index in [1.54, 1.807) is 6.92 Å². The van der Waals surface area contributed by atoms with Crippen LogP contribution in [-0.2, 0) is 22.7 Å². The molecule has 0 aromatic carbocycles. The summed E-state index contributed by atoms with van der Waals surface area (Å²) in [5.41, 5.74) is 0.962. The fourth-order valence-electron chi connectivity index (χ4n) is 2.35. The molecule has 1 fully saturated rings. The maximum atomic E-state index is 10.0. The number of aromatic nitrogens is 1. The maximum absolute atomic E-state index is 10.0. The van der Waals surface area contributed by atoms with E-state index in [0.717, 1.165) is 0 Å². The molecule has 0 bridgehead atoms. The van der Waals surface area contributed by atoms with Crippen molar-refractivity contribution in [1.82, 2.24) is 4.98 Å². The van der Waals surface area contributed by atoms with Gasteiger partial charge in [-0.3, -0.25) is 4.98 Å². The largest absolute Gasteiger partial charge is 0.506 e. The van der Waals surface area contributed by atoms with Gasteiger partial charge in [0.2, 0.25) is 0 Å². The quantitative estimate of drug-likeness (QED) is 0.356. The van der Waals surface area contributed by atoms with Crippen LogP contribution in [-0.4, -0.2) is 72.9 Å². The summed E-state index contributed by atoms with van der Waals surface area (Å²) in [6, 6.07) is 0. The van der Waals surface area contributed by atoms with Crippen LogP contribution in [0, 0.1) is 6.92 Å². The van der Waals surface area contributed by atoms with Crippen LogP contribution >= 0.6 is 0 Å². The van der Waals surface area contributed by atoms with Crippen LogP contribution < -0.4 is 0 Å². The van der Waals surface area contributed by atoms with Gasteiger partial charge in [-0.05, 0) is 6.92 Å². The number of hydrogen-bond acceptors (Lipinski definition) is 9. The number of hydrogen-bond donors (Lipinski definition) is 6. The molecule has 0 saturated carbocycles. The van der Waals surface area contributed by atoms with Gasteiger partial charge in [0.25, 0.3) is 0 Å². The van der Waals surface area contributed by atoms with Crippen LogP contribution in [0.2, 0.25) is 0 Å². The van der Waals surface area contributed by atoms with Crippen LogP contribution in [0.25, 0.3) is 0 Å². The summed E-state index contributed by atoms with van der Waals surface area (Å²) in [5.74, 6) is -0.152. The molecule has 23 heavy (non-hydrogen) atoms. The Morgan fingerprint density at radius 1 is 1.17 bits per heavy atom. The molecule has 0 spiro atoms. The Balaban J connectivity index is 2.13. The molecule has 1 aliphatic heterocycles. The summed E-state index contributed by atoms with van der Waals surface area (Å²) in [6.07, 6.45) is -5.56. The van der Waals surface area contributed by atoms with Crippen molar-refractivity contribution < 1.29 is 40.1 Å². The smallest absolute Gasteiger partial charge is 0.187 e. The molecule has 1 aromatic heterocycles. The molecule has 0 radical (unpaired) electrons. The van der Waals surface area contributed by atoms with E-state index in [0.29, 0.717) is 11.3 Å². The minimum Gasteiger partial charge on any atom is -0.506 e. The molecule has 1 aromatic rings. The molecule has 0 unspecified atom stereocenters. The predicted octanol–water partition coefficient (Wildman–Crippen LogP) is -2.10. The van der Waals surface area contributed by atoms with Gasteiger partial charge in [0.15, 0.2) is 6.29 Å². The van der Waals surface area contributed by atoms with Crippen molar-refractivity contribution in [3.63, 3.8) is 0 Å². The van der Waals surface area contributed by atoms with Crippen molar-refractivity contribution in [2.75, 3.05) is 6.61 Å². The number of nitrogens with zero attached hydrogens (tertiary/aromatic N) is 1. The molecule has 9 nitrogen and oxygen atoms in total. The lowest BCUT2D eigenvalue weighted by Crippen LogP contribution is -2.59. The molecule has 2 rings (SSSR count). The van der Waals surface area contributed by atoms with E-state index in [2.05, 4.69) is 4.98 Å². The van der Waals surface area contributed by atoms with E-state index in [1.165, 1.54) is 6.20 Å². The lowest BCUT2D eigenvalue weighted by Gasteiger charge is -2.39. The number of aliphatic hydroxyl groups excluding tert-OH is 5. The van der Waals surface area contributed by atoms with Gasteiger partial charge in [-0.25, -0.2) is 0 Å². The summed E-state index contributed by atoms with van der Waals surface area (Å²) >= 11 is 0. The van der Waals surface area contributed by atoms with Gasteiger partial charge in [0.1, 0.15) is 30.2 Å². The van der Waals surface area contributed by atoms with Gasteiger partial charge in [-0.1, -0.05) is 0 Å². The molecule has 1 aliphatic rings. The summed E-state index contributed by atoms with van der Waals surface area (Å²) in [5, 5.41) is 57.7. The average Bonchev–Trinajstić information content (AvgIpc) is 2.55.